The van der Waals surface area contributed by atoms with E-state index in [4.69, 9.17) is 10.7 Å². The molecule has 1 aromatic carbocycles. The van der Waals surface area contributed by atoms with E-state index in [0.29, 0.717) is 5.92 Å². The van der Waals surface area contributed by atoms with Crippen LogP contribution in [0.3, 0.4) is 0 Å². The molecule has 2 N–H and O–H groups in total. The second kappa shape index (κ2) is 3.83. The first-order valence-corrected chi connectivity index (χ1v) is 7.06. The van der Waals surface area contributed by atoms with Crippen LogP contribution < -0.4 is 5.73 Å². The molecule has 4 rings (SSSR count). The molecule has 0 spiro atoms. The summed E-state index contributed by atoms with van der Waals surface area (Å²) in [4.78, 5) is 4.87. The summed E-state index contributed by atoms with van der Waals surface area (Å²) in [6.07, 6.45) is 5.96. The summed E-state index contributed by atoms with van der Waals surface area (Å²) in [7, 11) is 0. The van der Waals surface area contributed by atoms with Crippen LogP contribution in [0.2, 0.25) is 0 Å². The van der Waals surface area contributed by atoms with Crippen LogP contribution in [0.5, 0.6) is 0 Å². The number of hydrogen-bond acceptors (Lipinski definition) is 2. The Morgan fingerprint density at radius 2 is 2.05 bits per heavy atom. The maximum Gasteiger partial charge on any atom is 0.0726 e. The van der Waals surface area contributed by atoms with Crippen LogP contribution in [0.25, 0.3) is 10.9 Å². The number of hydrogen-bond donors (Lipinski definition) is 1. The summed E-state index contributed by atoms with van der Waals surface area (Å²) < 4.78 is 0. The number of para-hydroxylation sites is 1. The number of nitrogens with zero attached hydrogens (tertiary/aromatic N) is 1. The molecule has 0 radical (unpaired) electrons. The zero-order valence-corrected chi connectivity index (χ0v) is 11.2. The highest BCUT2D eigenvalue weighted by molar-refractivity contribution is 5.92. The fourth-order valence-electron chi connectivity index (χ4n) is 3.88. The van der Waals surface area contributed by atoms with Crippen LogP contribution in [0.4, 0.5) is 5.69 Å². The molecule has 2 aliphatic rings. The SMILES string of the molecule is CC1=C[C@@H]2C[C@H](C1)Cc1nc3ccccc3c(N)c12. The second-order valence-corrected chi connectivity index (χ2v) is 6.03. The van der Waals surface area contributed by atoms with Crippen LogP contribution in [0.1, 0.15) is 36.9 Å². The number of anilines is 1. The van der Waals surface area contributed by atoms with Crippen molar-refractivity contribution in [3.63, 3.8) is 0 Å². The summed E-state index contributed by atoms with van der Waals surface area (Å²) in [5.41, 5.74) is 12.5. The number of benzene rings is 1. The monoisotopic (exact) mass is 250 g/mol. The van der Waals surface area contributed by atoms with Gasteiger partial charge in [-0.05, 0) is 38.2 Å². The molecule has 2 aliphatic carbocycles. The lowest BCUT2D eigenvalue weighted by Gasteiger charge is -2.35. The van der Waals surface area contributed by atoms with Gasteiger partial charge in [0.1, 0.15) is 0 Å². The third-order valence-corrected chi connectivity index (χ3v) is 4.59. The van der Waals surface area contributed by atoms with Crippen molar-refractivity contribution in [1.82, 2.24) is 4.98 Å². The summed E-state index contributed by atoms with van der Waals surface area (Å²) in [5.74, 6) is 1.25. The molecule has 0 amide bonds. The quantitative estimate of drug-likeness (QED) is 0.722. The standard InChI is InChI=1S/C17H18N2/c1-10-6-11-8-12(7-10)16-15(9-11)19-14-5-3-2-4-13(14)17(16)18/h2-5,7,11-12H,6,8-9H2,1H3,(H2,18,19)/t11-,12+/m0/s1. The summed E-state index contributed by atoms with van der Waals surface area (Å²) in [5, 5.41) is 1.11. The normalized spacial score (nSPS) is 25.0. The predicted molar refractivity (Wildman–Crippen MR) is 79.1 cm³/mol. The summed E-state index contributed by atoms with van der Waals surface area (Å²) in [6, 6.07) is 8.23. The lowest BCUT2D eigenvalue weighted by atomic mass is 9.71. The number of aromatic nitrogens is 1. The Kier molecular flexibility index (Phi) is 2.22. The van der Waals surface area contributed by atoms with Gasteiger partial charge in [-0.1, -0.05) is 29.8 Å². The van der Waals surface area contributed by atoms with E-state index in [9.17, 15) is 0 Å². The lowest BCUT2D eigenvalue weighted by molar-refractivity contribution is 0.403. The highest BCUT2D eigenvalue weighted by atomic mass is 14.7. The van der Waals surface area contributed by atoms with E-state index in [0.717, 1.165) is 28.9 Å². The first-order chi connectivity index (χ1) is 9.22. The van der Waals surface area contributed by atoms with Gasteiger partial charge in [-0.2, -0.15) is 0 Å². The first kappa shape index (κ1) is 11.0. The van der Waals surface area contributed by atoms with E-state index in [1.165, 1.54) is 29.7 Å². The molecule has 0 unspecified atom stereocenters. The van der Waals surface area contributed by atoms with Crippen LogP contribution in [0.15, 0.2) is 35.9 Å². The highest BCUT2D eigenvalue weighted by Crippen LogP contribution is 2.45. The number of rotatable bonds is 0. The molecule has 0 saturated carbocycles. The van der Waals surface area contributed by atoms with Gasteiger partial charge in [-0.3, -0.25) is 4.98 Å². The van der Waals surface area contributed by atoms with E-state index >= 15 is 0 Å². The molecule has 1 aromatic heterocycles. The highest BCUT2D eigenvalue weighted by Gasteiger charge is 2.32. The van der Waals surface area contributed by atoms with E-state index in [-0.39, 0.29) is 0 Å². The Hall–Kier alpha value is -1.83. The minimum atomic E-state index is 0.486. The van der Waals surface area contributed by atoms with Crippen LogP contribution >= 0.6 is 0 Å². The fourth-order valence-corrected chi connectivity index (χ4v) is 3.88. The van der Waals surface area contributed by atoms with Gasteiger partial charge in [0.15, 0.2) is 0 Å². The topological polar surface area (TPSA) is 38.9 Å². The maximum atomic E-state index is 6.45. The van der Waals surface area contributed by atoms with Gasteiger partial charge in [0.05, 0.1) is 5.52 Å². The van der Waals surface area contributed by atoms with Crippen molar-refractivity contribution >= 4 is 16.6 Å². The van der Waals surface area contributed by atoms with Crippen LogP contribution in [-0.2, 0) is 6.42 Å². The van der Waals surface area contributed by atoms with Crippen molar-refractivity contribution in [2.75, 3.05) is 5.73 Å². The number of pyridine rings is 1. The van der Waals surface area contributed by atoms with Crippen molar-refractivity contribution in [2.45, 2.75) is 32.1 Å². The molecule has 2 aromatic rings. The zero-order chi connectivity index (χ0) is 13.0. The van der Waals surface area contributed by atoms with Crippen molar-refractivity contribution in [3.8, 4) is 0 Å². The van der Waals surface area contributed by atoms with E-state index in [2.05, 4.69) is 25.1 Å². The summed E-state index contributed by atoms with van der Waals surface area (Å²) in [6.45, 7) is 2.24. The molecular formula is C17H18N2. The number of fused-ring (bicyclic) bond motifs is 5. The molecule has 1 heterocycles. The smallest absolute Gasteiger partial charge is 0.0726 e. The minimum absolute atomic E-state index is 0.486. The third-order valence-electron chi connectivity index (χ3n) is 4.59. The molecule has 2 atom stereocenters. The molecule has 96 valence electrons. The number of nitrogens with two attached hydrogens (primary N) is 1. The minimum Gasteiger partial charge on any atom is -0.398 e. The molecule has 2 bridgehead atoms. The van der Waals surface area contributed by atoms with Gasteiger partial charge in [-0.25, -0.2) is 0 Å². The van der Waals surface area contributed by atoms with Gasteiger partial charge < -0.3 is 5.73 Å². The van der Waals surface area contributed by atoms with Crippen molar-refractivity contribution < 1.29 is 0 Å². The Morgan fingerprint density at radius 1 is 1.21 bits per heavy atom. The van der Waals surface area contributed by atoms with Gasteiger partial charge in [0.2, 0.25) is 0 Å². The molecule has 2 nitrogen and oxygen atoms in total. The Morgan fingerprint density at radius 3 is 2.95 bits per heavy atom. The molecular weight excluding hydrogens is 232 g/mol. The average Bonchev–Trinajstić information content (AvgIpc) is 2.37. The molecule has 0 saturated heterocycles. The van der Waals surface area contributed by atoms with Crippen LogP contribution in [0, 0.1) is 5.92 Å². The summed E-state index contributed by atoms with van der Waals surface area (Å²) >= 11 is 0. The van der Waals surface area contributed by atoms with Gasteiger partial charge in [-0.15, -0.1) is 0 Å². The van der Waals surface area contributed by atoms with E-state index in [1.54, 1.807) is 0 Å². The lowest BCUT2D eigenvalue weighted by Crippen LogP contribution is -2.24. The van der Waals surface area contributed by atoms with Crippen LogP contribution in [-0.4, -0.2) is 4.98 Å². The Bertz CT molecular complexity index is 700. The molecule has 0 fully saturated rings. The van der Waals surface area contributed by atoms with Crippen molar-refractivity contribution in [2.24, 2.45) is 5.92 Å². The number of allylic oxidation sites excluding steroid dienone is 2. The zero-order valence-electron chi connectivity index (χ0n) is 11.2. The third kappa shape index (κ3) is 1.59. The number of nitrogen functional groups attached to an aromatic ring is 1. The van der Waals surface area contributed by atoms with Crippen molar-refractivity contribution in [1.29, 1.82) is 0 Å². The van der Waals surface area contributed by atoms with E-state index in [1.807, 2.05) is 12.1 Å². The van der Waals surface area contributed by atoms with Gasteiger partial charge >= 0.3 is 0 Å². The fraction of sp³-hybridized carbons (Fsp3) is 0.353. The first-order valence-electron chi connectivity index (χ1n) is 7.06. The Labute approximate surface area is 113 Å². The second-order valence-electron chi connectivity index (χ2n) is 6.03. The largest absolute Gasteiger partial charge is 0.398 e. The van der Waals surface area contributed by atoms with Gasteiger partial charge in [0, 0.05) is 28.2 Å². The van der Waals surface area contributed by atoms with Crippen molar-refractivity contribution in [3.05, 3.63) is 47.2 Å². The molecule has 0 aliphatic heterocycles. The molecule has 2 heteroatoms. The Balaban J connectivity index is 2.01. The van der Waals surface area contributed by atoms with Gasteiger partial charge in [0.25, 0.3) is 0 Å². The van der Waals surface area contributed by atoms with E-state index < -0.39 is 0 Å². The molecule has 19 heavy (non-hydrogen) atoms. The predicted octanol–water partition coefficient (Wildman–Crippen LogP) is 3.81. The maximum absolute atomic E-state index is 6.45. The average molecular weight is 250 g/mol.